The first kappa shape index (κ1) is 18.6. The number of aryl methyl sites for hydroxylation is 1. The Balaban J connectivity index is 1.63. The van der Waals surface area contributed by atoms with Gasteiger partial charge >= 0.3 is 5.97 Å². The van der Waals surface area contributed by atoms with Crippen LogP contribution in [0.2, 0.25) is 0 Å². The lowest BCUT2D eigenvalue weighted by atomic mass is 10.1. The van der Waals surface area contributed by atoms with Crippen LogP contribution in [0.5, 0.6) is 0 Å². The van der Waals surface area contributed by atoms with Gasteiger partial charge in [0.1, 0.15) is 4.88 Å². The minimum atomic E-state index is -0.460. The van der Waals surface area contributed by atoms with Gasteiger partial charge in [-0.05, 0) is 37.8 Å². The highest BCUT2D eigenvalue weighted by atomic mass is 32.1. The minimum Gasteiger partial charge on any atom is -0.451 e. The van der Waals surface area contributed by atoms with Crippen molar-refractivity contribution in [1.29, 1.82) is 0 Å². The van der Waals surface area contributed by atoms with Gasteiger partial charge in [-0.1, -0.05) is 29.8 Å². The normalized spacial score (nSPS) is 20.0. The third-order valence-corrected chi connectivity index (χ3v) is 5.21. The number of esters is 1. The van der Waals surface area contributed by atoms with Crippen molar-refractivity contribution in [3.8, 4) is 11.1 Å². The van der Waals surface area contributed by atoms with Gasteiger partial charge in [0.15, 0.2) is 6.61 Å². The first-order chi connectivity index (χ1) is 12.4. The molecule has 2 atom stereocenters. The maximum Gasteiger partial charge on any atom is 0.349 e. The molecule has 0 aliphatic carbocycles. The summed E-state index contributed by atoms with van der Waals surface area (Å²) in [5, 5.41) is 1.86. The van der Waals surface area contributed by atoms with Crippen molar-refractivity contribution < 1.29 is 19.1 Å². The minimum absolute atomic E-state index is 0.0103. The highest BCUT2D eigenvalue weighted by Crippen LogP contribution is 2.29. The summed E-state index contributed by atoms with van der Waals surface area (Å²) in [7, 11) is 0. The molecule has 1 saturated heterocycles. The average Bonchev–Trinajstić information content (AvgIpc) is 3.09. The molecule has 1 aromatic heterocycles. The number of benzene rings is 1. The third kappa shape index (κ3) is 4.31. The van der Waals surface area contributed by atoms with Gasteiger partial charge in [0.25, 0.3) is 5.91 Å². The molecule has 0 N–H and O–H groups in total. The Kier molecular flexibility index (Phi) is 5.74. The maximum absolute atomic E-state index is 12.5. The molecule has 1 aliphatic rings. The first-order valence-corrected chi connectivity index (χ1v) is 9.57. The topological polar surface area (TPSA) is 55.8 Å². The highest BCUT2D eigenvalue weighted by Gasteiger charge is 2.27. The van der Waals surface area contributed by atoms with E-state index in [1.165, 1.54) is 11.3 Å². The second-order valence-corrected chi connectivity index (χ2v) is 7.58. The molecule has 26 heavy (non-hydrogen) atoms. The molecule has 138 valence electrons. The zero-order chi connectivity index (χ0) is 18.7. The molecule has 6 heteroatoms. The lowest BCUT2D eigenvalue weighted by molar-refractivity contribution is -0.146. The second-order valence-electron chi connectivity index (χ2n) is 6.66. The molecule has 0 spiro atoms. The van der Waals surface area contributed by atoms with E-state index in [-0.39, 0.29) is 24.7 Å². The Morgan fingerprint density at radius 1 is 1.15 bits per heavy atom. The molecule has 2 heterocycles. The number of hydrogen-bond acceptors (Lipinski definition) is 5. The lowest BCUT2D eigenvalue weighted by Crippen LogP contribution is -2.49. The number of carbonyl (C=O) groups excluding carboxylic acids is 2. The zero-order valence-electron chi connectivity index (χ0n) is 15.2. The number of morpholine rings is 1. The zero-order valence-corrected chi connectivity index (χ0v) is 16.0. The van der Waals surface area contributed by atoms with Gasteiger partial charge in [0, 0.05) is 18.7 Å². The van der Waals surface area contributed by atoms with Crippen LogP contribution in [0.15, 0.2) is 35.7 Å². The summed E-state index contributed by atoms with van der Waals surface area (Å²) in [6, 6.07) is 9.88. The van der Waals surface area contributed by atoms with Crippen molar-refractivity contribution in [1.82, 2.24) is 4.90 Å². The second kappa shape index (κ2) is 8.01. The standard InChI is InChI=1S/C20H23NO4S/c1-13-4-6-16(7-5-13)17-8-9-26-19(17)20(23)24-12-18(22)21-10-14(2)25-15(3)11-21/h4-9,14-15H,10-12H2,1-3H3/t14-,15-/m1/s1. The first-order valence-electron chi connectivity index (χ1n) is 8.69. The van der Waals surface area contributed by atoms with Crippen LogP contribution < -0.4 is 0 Å². The van der Waals surface area contributed by atoms with E-state index in [1.54, 1.807) is 4.90 Å². The summed E-state index contributed by atoms with van der Waals surface area (Å²) in [6.07, 6.45) is -0.0207. The molecule has 1 amide bonds. The molecule has 0 unspecified atom stereocenters. The molecule has 0 radical (unpaired) electrons. The quantitative estimate of drug-likeness (QED) is 0.770. The summed E-state index contributed by atoms with van der Waals surface area (Å²) >= 11 is 1.33. The van der Waals surface area contributed by atoms with Crippen molar-refractivity contribution >= 4 is 23.2 Å². The fourth-order valence-corrected chi connectivity index (χ4v) is 3.90. The van der Waals surface area contributed by atoms with E-state index in [4.69, 9.17) is 9.47 Å². The number of nitrogens with zero attached hydrogens (tertiary/aromatic N) is 1. The largest absolute Gasteiger partial charge is 0.451 e. The maximum atomic E-state index is 12.5. The lowest BCUT2D eigenvalue weighted by Gasteiger charge is -2.35. The van der Waals surface area contributed by atoms with Gasteiger partial charge < -0.3 is 14.4 Å². The molecular formula is C20H23NO4S. The molecule has 3 rings (SSSR count). The Labute approximate surface area is 157 Å². The Morgan fingerprint density at radius 3 is 2.46 bits per heavy atom. The highest BCUT2D eigenvalue weighted by molar-refractivity contribution is 7.12. The number of amides is 1. The molecule has 0 bridgehead atoms. The van der Waals surface area contributed by atoms with Crippen molar-refractivity contribution in [2.75, 3.05) is 19.7 Å². The number of hydrogen-bond donors (Lipinski definition) is 0. The monoisotopic (exact) mass is 373 g/mol. The van der Waals surface area contributed by atoms with Crippen LogP contribution in [0.3, 0.4) is 0 Å². The van der Waals surface area contributed by atoms with Gasteiger partial charge in [-0.3, -0.25) is 4.79 Å². The van der Waals surface area contributed by atoms with Crippen LogP contribution >= 0.6 is 11.3 Å². The van der Waals surface area contributed by atoms with E-state index in [0.717, 1.165) is 16.7 Å². The van der Waals surface area contributed by atoms with Crippen molar-refractivity contribution in [2.45, 2.75) is 33.0 Å². The van der Waals surface area contributed by atoms with Crippen LogP contribution in [0.4, 0.5) is 0 Å². The molecule has 1 fully saturated rings. The number of ether oxygens (including phenoxy) is 2. The third-order valence-electron chi connectivity index (χ3n) is 4.31. The van der Waals surface area contributed by atoms with Crippen LogP contribution in [0.25, 0.3) is 11.1 Å². The van der Waals surface area contributed by atoms with Crippen LogP contribution in [0, 0.1) is 6.92 Å². The Bertz CT molecular complexity index is 773. The summed E-state index contributed by atoms with van der Waals surface area (Å²) in [5.41, 5.74) is 2.96. The van der Waals surface area contributed by atoms with E-state index >= 15 is 0 Å². The fraction of sp³-hybridized carbons (Fsp3) is 0.400. The number of thiophene rings is 1. The molecular weight excluding hydrogens is 350 g/mol. The molecule has 5 nitrogen and oxygen atoms in total. The van der Waals surface area contributed by atoms with E-state index in [1.807, 2.05) is 56.5 Å². The van der Waals surface area contributed by atoms with E-state index in [0.29, 0.717) is 18.0 Å². The van der Waals surface area contributed by atoms with Crippen molar-refractivity contribution in [3.05, 3.63) is 46.2 Å². The van der Waals surface area contributed by atoms with Gasteiger partial charge in [-0.15, -0.1) is 11.3 Å². The van der Waals surface area contributed by atoms with E-state index < -0.39 is 5.97 Å². The van der Waals surface area contributed by atoms with Gasteiger partial charge in [-0.25, -0.2) is 4.79 Å². The van der Waals surface area contributed by atoms with E-state index in [9.17, 15) is 9.59 Å². The average molecular weight is 373 g/mol. The predicted octanol–water partition coefficient (Wildman–Crippen LogP) is 3.52. The Morgan fingerprint density at radius 2 is 1.81 bits per heavy atom. The van der Waals surface area contributed by atoms with Crippen LogP contribution in [-0.2, 0) is 14.3 Å². The summed E-state index contributed by atoms with van der Waals surface area (Å²) in [5.74, 6) is -0.646. The fourth-order valence-electron chi connectivity index (χ4n) is 3.09. The summed E-state index contributed by atoms with van der Waals surface area (Å²) in [4.78, 5) is 27.0. The van der Waals surface area contributed by atoms with Gasteiger partial charge in [0.2, 0.25) is 0 Å². The SMILES string of the molecule is Cc1ccc(-c2ccsc2C(=O)OCC(=O)N2C[C@@H](C)O[C@H](C)C2)cc1. The van der Waals surface area contributed by atoms with Crippen molar-refractivity contribution in [2.24, 2.45) is 0 Å². The van der Waals surface area contributed by atoms with Crippen LogP contribution in [-0.4, -0.2) is 48.7 Å². The predicted molar refractivity (Wildman–Crippen MR) is 101 cm³/mol. The van der Waals surface area contributed by atoms with Gasteiger partial charge in [0.05, 0.1) is 12.2 Å². The molecule has 1 aliphatic heterocycles. The summed E-state index contributed by atoms with van der Waals surface area (Å²) < 4.78 is 10.9. The number of rotatable bonds is 4. The number of carbonyl (C=O) groups is 2. The van der Waals surface area contributed by atoms with Crippen molar-refractivity contribution in [3.63, 3.8) is 0 Å². The molecule has 0 saturated carbocycles. The van der Waals surface area contributed by atoms with E-state index in [2.05, 4.69) is 0 Å². The molecule has 1 aromatic carbocycles. The van der Waals surface area contributed by atoms with Crippen LogP contribution in [0.1, 0.15) is 29.1 Å². The smallest absolute Gasteiger partial charge is 0.349 e. The molecule has 2 aromatic rings. The van der Waals surface area contributed by atoms with Gasteiger partial charge in [-0.2, -0.15) is 0 Å². The summed E-state index contributed by atoms with van der Waals surface area (Å²) in [6.45, 7) is 6.68. The Hall–Kier alpha value is -2.18.